The molecule has 1 saturated heterocycles. The Kier molecular flexibility index (Phi) is 7.39. The standard InChI is InChI=1S/C25H27F3N4O3S/c1-3-35-20-8-5-4-7-18(20)24-19(25(26,27)28)11-12-21(29-24)31-36(33,34)23-10-6-9-22(30-23)32-15-13-17(2)14-16-32/h4-12,17H,3,13-16H2,1-2H3,(H,29,31). The maximum Gasteiger partial charge on any atom is 0.418 e. The highest BCUT2D eigenvalue weighted by Gasteiger charge is 2.36. The number of pyridine rings is 2. The predicted octanol–water partition coefficient (Wildman–Crippen LogP) is 5.60. The summed E-state index contributed by atoms with van der Waals surface area (Å²) in [6.07, 6.45) is -2.74. The van der Waals surface area contributed by atoms with E-state index in [1.807, 2.05) is 4.90 Å². The lowest BCUT2D eigenvalue weighted by molar-refractivity contribution is -0.137. The van der Waals surface area contributed by atoms with E-state index in [0.717, 1.165) is 38.1 Å². The van der Waals surface area contributed by atoms with Crippen molar-refractivity contribution in [2.24, 2.45) is 5.92 Å². The lowest BCUT2D eigenvalue weighted by atomic mass is 9.99. The number of benzene rings is 1. The van der Waals surface area contributed by atoms with E-state index in [4.69, 9.17) is 4.74 Å². The van der Waals surface area contributed by atoms with Crippen LogP contribution in [0.1, 0.15) is 32.3 Å². The first kappa shape index (κ1) is 25.7. The summed E-state index contributed by atoms with van der Waals surface area (Å²) in [7, 11) is -4.22. The molecule has 1 aliphatic rings. The molecule has 0 radical (unpaired) electrons. The van der Waals surface area contributed by atoms with Crippen molar-refractivity contribution in [1.82, 2.24) is 9.97 Å². The van der Waals surface area contributed by atoms with Gasteiger partial charge in [-0.3, -0.25) is 4.72 Å². The average Bonchev–Trinajstić information content (AvgIpc) is 2.84. The van der Waals surface area contributed by atoms with Crippen molar-refractivity contribution >= 4 is 21.7 Å². The van der Waals surface area contributed by atoms with Gasteiger partial charge in [0, 0.05) is 18.7 Å². The molecule has 3 aromatic rings. The number of anilines is 2. The number of hydrogen-bond acceptors (Lipinski definition) is 6. The number of sulfonamides is 1. The van der Waals surface area contributed by atoms with Crippen molar-refractivity contribution in [1.29, 1.82) is 0 Å². The molecule has 4 rings (SSSR count). The fourth-order valence-electron chi connectivity index (χ4n) is 4.05. The number of para-hydroxylation sites is 1. The molecule has 1 fully saturated rings. The molecule has 0 unspecified atom stereocenters. The van der Waals surface area contributed by atoms with Crippen molar-refractivity contribution in [3.63, 3.8) is 0 Å². The molecule has 3 heterocycles. The molecule has 1 N–H and O–H groups in total. The van der Waals surface area contributed by atoms with Gasteiger partial charge in [0.15, 0.2) is 5.03 Å². The molecule has 7 nitrogen and oxygen atoms in total. The molecule has 192 valence electrons. The van der Waals surface area contributed by atoms with Gasteiger partial charge in [-0.25, -0.2) is 9.97 Å². The van der Waals surface area contributed by atoms with Gasteiger partial charge in [0.1, 0.15) is 17.4 Å². The highest BCUT2D eigenvalue weighted by Crippen LogP contribution is 2.40. The van der Waals surface area contributed by atoms with Crippen LogP contribution in [0.2, 0.25) is 0 Å². The summed E-state index contributed by atoms with van der Waals surface area (Å²) in [4.78, 5) is 10.4. The van der Waals surface area contributed by atoms with Gasteiger partial charge in [0.2, 0.25) is 0 Å². The summed E-state index contributed by atoms with van der Waals surface area (Å²) < 4.78 is 75.4. The van der Waals surface area contributed by atoms with Crippen LogP contribution in [-0.4, -0.2) is 38.1 Å². The number of alkyl halides is 3. The van der Waals surface area contributed by atoms with Crippen molar-refractivity contribution in [3.05, 3.63) is 60.2 Å². The maximum absolute atomic E-state index is 13.8. The first-order valence-corrected chi connectivity index (χ1v) is 13.1. The van der Waals surface area contributed by atoms with Crippen LogP contribution in [0.25, 0.3) is 11.3 Å². The van der Waals surface area contributed by atoms with Crippen LogP contribution < -0.4 is 14.4 Å². The summed E-state index contributed by atoms with van der Waals surface area (Å²) in [5, 5.41) is -0.239. The molecule has 0 atom stereocenters. The molecule has 1 aromatic carbocycles. The highest BCUT2D eigenvalue weighted by molar-refractivity contribution is 7.92. The number of ether oxygens (including phenoxy) is 1. The van der Waals surface area contributed by atoms with Gasteiger partial charge in [-0.05, 0) is 62.1 Å². The Morgan fingerprint density at radius 1 is 1.03 bits per heavy atom. The van der Waals surface area contributed by atoms with Crippen LogP contribution in [0.4, 0.5) is 24.8 Å². The normalized spacial score (nSPS) is 15.1. The Balaban J connectivity index is 1.68. The second-order valence-electron chi connectivity index (χ2n) is 8.63. The van der Waals surface area contributed by atoms with Gasteiger partial charge in [-0.1, -0.05) is 25.1 Å². The van der Waals surface area contributed by atoms with Gasteiger partial charge in [-0.15, -0.1) is 0 Å². The zero-order chi connectivity index (χ0) is 25.9. The van der Waals surface area contributed by atoms with E-state index < -0.39 is 27.5 Å². The van der Waals surface area contributed by atoms with E-state index in [9.17, 15) is 21.6 Å². The van der Waals surface area contributed by atoms with Crippen LogP contribution in [0, 0.1) is 5.92 Å². The number of piperidine rings is 1. The number of halogens is 3. The van der Waals surface area contributed by atoms with Gasteiger partial charge in [0.25, 0.3) is 10.0 Å². The second kappa shape index (κ2) is 10.3. The van der Waals surface area contributed by atoms with Gasteiger partial charge in [0.05, 0.1) is 17.9 Å². The fraction of sp³-hybridized carbons (Fsp3) is 0.360. The fourth-order valence-corrected chi connectivity index (χ4v) is 5.02. The van der Waals surface area contributed by atoms with Crippen LogP contribution in [0.3, 0.4) is 0 Å². The lowest BCUT2D eigenvalue weighted by Gasteiger charge is -2.31. The van der Waals surface area contributed by atoms with Gasteiger partial charge in [-0.2, -0.15) is 21.6 Å². The molecule has 2 aromatic heterocycles. The third kappa shape index (κ3) is 5.72. The smallest absolute Gasteiger partial charge is 0.418 e. The van der Waals surface area contributed by atoms with E-state index in [1.54, 1.807) is 31.2 Å². The van der Waals surface area contributed by atoms with E-state index >= 15 is 0 Å². The SMILES string of the molecule is CCOc1ccccc1-c1nc(NS(=O)(=O)c2cccc(N3CCC(C)CC3)n2)ccc1C(F)(F)F. The van der Waals surface area contributed by atoms with Crippen LogP contribution in [-0.2, 0) is 16.2 Å². The molecular weight excluding hydrogens is 493 g/mol. The zero-order valence-electron chi connectivity index (χ0n) is 19.9. The van der Waals surface area contributed by atoms with Crippen molar-refractivity contribution in [2.45, 2.75) is 37.9 Å². The van der Waals surface area contributed by atoms with Crippen LogP contribution >= 0.6 is 0 Å². The number of aromatic nitrogens is 2. The minimum atomic E-state index is -4.71. The summed E-state index contributed by atoms with van der Waals surface area (Å²) >= 11 is 0. The molecule has 0 amide bonds. The molecule has 0 saturated carbocycles. The largest absolute Gasteiger partial charge is 0.493 e. The van der Waals surface area contributed by atoms with Gasteiger partial charge < -0.3 is 9.64 Å². The van der Waals surface area contributed by atoms with E-state index in [2.05, 4.69) is 21.6 Å². The predicted molar refractivity (Wildman–Crippen MR) is 132 cm³/mol. The van der Waals surface area contributed by atoms with Crippen molar-refractivity contribution < 1.29 is 26.3 Å². The summed E-state index contributed by atoms with van der Waals surface area (Å²) in [5.74, 6) is 1.09. The first-order chi connectivity index (χ1) is 17.1. The number of nitrogens with one attached hydrogen (secondary N) is 1. The summed E-state index contributed by atoms with van der Waals surface area (Å²) in [6.45, 7) is 5.67. The van der Waals surface area contributed by atoms with Crippen LogP contribution in [0.5, 0.6) is 5.75 Å². The molecule has 0 spiro atoms. The zero-order valence-corrected chi connectivity index (χ0v) is 20.7. The van der Waals surface area contributed by atoms with E-state index in [-0.39, 0.29) is 28.8 Å². The van der Waals surface area contributed by atoms with Crippen molar-refractivity contribution in [3.8, 4) is 17.0 Å². The number of nitrogens with zero attached hydrogens (tertiary/aromatic N) is 3. The monoisotopic (exact) mass is 520 g/mol. The lowest BCUT2D eigenvalue weighted by Crippen LogP contribution is -2.33. The first-order valence-electron chi connectivity index (χ1n) is 11.6. The van der Waals surface area contributed by atoms with E-state index in [0.29, 0.717) is 11.7 Å². The van der Waals surface area contributed by atoms with Crippen LogP contribution in [0.15, 0.2) is 59.6 Å². The van der Waals surface area contributed by atoms with Gasteiger partial charge >= 0.3 is 6.18 Å². The Bertz CT molecular complexity index is 1320. The Morgan fingerprint density at radius 2 is 1.75 bits per heavy atom. The second-order valence-corrected chi connectivity index (χ2v) is 10.3. The Labute approximate surface area is 208 Å². The maximum atomic E-state index is 13.8. The minimum Gasteiger partial charge on any atom is -0.493 e. The topological polar surface area (TPSA) is 84.4 Å². The summed E-state index contributed by atoms with van der Waals surface area (Å²) in [6, 6.07) is 12.7. The number of rotatable bonds is 7. The summed E-state index contributed by atoms with van der Waals surface area (Å²) in [5.41, 5.74) is -1.33. The molecule has 0 bridgehead atoms. The minimum absolute atomic E-state index is 0.104. The van der Waals surface area contributed by atoms with E-state index in [1.165, 1.54) is 18.2 Å². The third-order valence-electron chi connectivity index (χ3n) is 5.97. The Hall–Kier alpha value is -3.34. The quantitative estimate of drug-likeness (QED) is 0.437. The molecule has 36 heavy (non-hydrogen) atoms. The molecular formula is C25H27F3N4O3S. The number of hydrogen-bond donors (Lipinski definition) is 1. The Morgan fingerprint density at radius 3 is 2.44 bits per heavy atom. The molecule has 11 heteroatoms. The average molecular weight is 521 g/mol. The highest BCUT2D eigenvalue weighted by atomic mass is 32.2. The molecule has 1 aliphatic heterocycles. The third-order valence-corrected chi connectivity index (χ3v) is 7.23. The van der Waals surface area contributed by atoms with Crippen molar-refractivity contribution in [2.75, 3.05) is 29.3 Å². The molecule has 0 aliphatic carbocycles.